The Morgan fingerprint density at radius 3 is 2.23 bits per heavy atom. The summed E-state index contributed by atoms with van der Waals surface area (Å²) in [5.41, 5.74) is 1.91. The van der Waals surface area contributed by atoms with Crippen LogP contribution in [-0.4, -0.2) is 39.9 Å². The van der Waals surface area contributed by atoms with Gasteiger partial charge in [0.1, 0.15) is 0 Å². The standard InChI is InChI=1S/C23H26N2O6/c1-5-11-31-21-16(28-2)12-15(13-17(21)29-3)20-18(22(26)30-4)19(24-23(27)25-20)14-9-7-6-8-10-14/h6-10,12-13,20H,5,11H2,1-4H3,(H2,24,25,27). The van der Waals surface area contributed by atoms with E-state index >= 15 is 0 Å². The van der Waals surface area contributed by atoms with E-state index in [0.717, 1.165) is 6.42 Å². The van der Waals surface area contributed by atoms with Crippen LogP contribution in [0.15, 0.2) is 48.0 Å². The van der Waals surface area contributed by atoms with Crippen molar-refractivity contribution in [2.24, 2.45) is 0 Å². The molecule has 8 heteroatoms. The molecule has 2 N–H and O–H groups in total. The van der Waals surface area contributed by atoms with Crippen LogP contribution in [0.2, 0.25) is 0 Å². The van der Waals surface area contributed by atoms with E-state index in [1.165, 1.54) is 21.3 Å². The third-order valence-electron chi connectivity index (χ3n) is 4.81. The van der Waals surface area contributed by atoms with Gasteiger partial charge in [-0.15, -0.1) is 0 Å². The molecule has 8 nitrogen and oxygen atoms in total. The van der Waals surface area contributed by atoms with Crippen LogP contribution < -0.4 is 24.8 Å². The number of urea groups is 1. The highest BCUT2D eigenvalue weighted by atomic mass is 16.5. The Balaban J connectivity index is 2.19. The molecule has 0 bridgehead atoms. The molecule has 164 valence electrons. The molecule has 0 saturated heterocycles. The Kier molecular flexibility index (Phi) is 7.02. The Morgan fingerprint density at radius 1 is 1.03 bits per heavy atom. The van der Waals surface area contributed by atoms with E-state index in [9.17, 15) is 9.59 Å². The molecule has 2 amide bonds. The third kappa shape index (κ3) is 4.58. The van der Waals surface area contributed by atoms with Crippen molar-refractivity contribution >= 4 is 17.7 Å². The lowest BCUT2D eigenvalue weighted by Crippen LogP contribution is -2.45. The smallest absolute Gasteiger partial charge is 0.338 e. The quantitative estimate of drug-likeness (QED) is 0.628. The molecule has 0 spiro atoms. The molecule has 2 aromatic carbocycles. The van der Waals surface area contributed by atoms with Crippen LogP contribution >= 0.6 is 0 Å². The number of carbonyl (C=O) groups is 2. The van der Waals surface area contributed by atoms with Crippen molar-refractivity contribution in [3.63, 3.8) is 0 Å². The van der Waals surface area contributed by atoms with Crippen LogP contribution in [0, 0.1) is 0 Å². The van der Waals surface area contributed by atoms with Gasteiger partial charge < -0.3 is 29.6 Å². The van der Waals surface area contributed by atoms with Crippen molar-refractivity contribution in [2.75, 3.05) is 27.9 Å². The van der Waals surface area contributed by atoms with E-state index in [1.54, 1.807) is 12.1 Å². The van der Waals surface area contributed by atoms with Crippen LogP contribution in [-0.2, 0) is 9.53 Å². The number of hydrogen-bond donors (Lipinski definition) is 2. The van der Waals surface area contributed by atoms with Crippen LogP contribution in [0.25, 0.3) is 5.70 Å². The number of benzene rings is 2. The maximum atomic E-state index is 12.8. The number of rotatable bonds is 8. The first kappa shape index (κ1) is 22.0. The van der Waals surface area contributed by atoms with Gasteiger partial charge in [0.05, 0.1) is 45.2 Å². The number of esters is 1. The predicted molar refractivity (Wildman–Crippen MR) is 115 cm³/mol. The van der Waals surface area contributed by atoms with Gasteiger partial charge in [-0.3, -0.25) is 0 Å². The summed E-state index contributed by atoms with van der Waals surface area (Å²) in [6.45, 7) is 2.48. The second kappa shape index (κ2) is 9.88. The highest BCUT2D eigenvalue weighted by molar-refractivity contribution is 6.04. The normalized spacial score (nSPS) is 15.6. The van der Waals surface area contributed by atoms with Gasteiger partial charge in [0, 0.05) is 0 Å². The zero-order valence-corrected chi connectivity index (χ0v) is 18.0. The Hall–Kier alpha value is -3.68. The van der Waals surface area contributed by atoms with E-state index in [1.807, 2.05) is 37.3 Å². The van der Waals surface area contributed by atoms with Crippen LogP contribution in [0.4, 0.5) is 4.79 Å². The summed E-state index contributed by atoms with van der Waals surface area (Å²) in [5.74, 6) is 0.755. The number of amides is 2. The first-order chi connectivity index (χ1) is 15.0. The summed E-state index contributed by atoms with van der Waals surface area (Å²) >= 11 is 0. The molecule has 0 aliphatic carbocycles. The largest absolute Gasteiger partial charge is 0.493 e. The molecule has 1 aliphatic heterocycles. The minimum Gasteiger partial charge on any atom is -0.493 e. The van der Waals surface area contributed by atoms with Crippen LogP contribution in [0.1, 0.15) is 30.5 Å². The molecule has 31 heavy (non-hydrogen) atoms. The zero-order valence-electron chi connectivity index (χ0n) is 18.0. The fourth-order valence-electron chi connectivity index (χ4n) is 3.39. The third-order valence-corrected chi connectivity index (χ3v) is 4.81. The highest BCUT2D eigenvalue weighted by Gasteiger charge is 2.35. The van der Waals surface area contributed by atoms with E-state index in [-0.39, 0.29) is 5.57 Å². The average Bonchev–Trinajstić information content (AvgIpc) is 2.81. The van der Waals surface area contributed by atoms with Crippen molar-refractivity contribution in [3.05, 3.63) is 59.2 Å². The Bertz CT molecular complexity index is 962. The molecular weight excluding hydrogens is 400 g/mol. The molecule has 1 heterocycles. The summed E-state index contributed by atoms with van der Waals surface area (Å²) in [5, 5.41) is 5.54. The van der Waals surface area contributed by atoms with Gasteiger partial charge in [-0.05, 0) is 29.7 Å². The molecular formula is C23H26N2O6. The van der Waals surface area contributed by atoms with Gasteiger partial charge in [-0.1, -0.05) is 37.3 Å². The lowest BCUT2D eigenvalue weighted by Gasteiger charge is -2.30. The molecule has 0 fully saturated rings. The van der Waals surface area contributed by atoms with Crippen molar-refractivity contribution in [2.45, 2.75) is 19.4 Å². The number of methoxy groups -OCH3 is 3. The minimum absolute atomic E-state index is 0.264. The monoisotopic (exact) mass is 426 g/mol. The number of hydrogen-bond acceptors (Lipinski definition) is 6. The lowest BCUT2D eigenvalue weighted by atomic mass is 9.92. The second-order valence-corrected chi connectivity index (χ2v) is 6.78. The fourth-order valence-corrected chi connectivity index (χ4v) is 3.39. The van der Waals surface area contributed by atoms with Crippen LogP contribution in [0.5, 0.6) is 17.2 Å². The highest BCUT2D eigenvalue weighted by Crippen LogP contribution is 2.42. The van der Waals surface area contributed by atoms with Gasteiger partial charge in [-0.25, -0.2) is 9.59 Å². The summed E-state index contributed by atoms with van der Waals surface area (Å²) in [7, 11) is 4.34. The number of nitrogens with one attached hydrogen (secondary N) is 2. The Labute approximate surface area is 181 Å². The molecule has 3 rings (SSSR count). The van der Waals surface area contributed by atoms with E-state index in [4.69, 9.17) is 18.9 Å². The predicted octanol–water partition coefficient (Wildman–Crippen LogP) is 3.43. The summed E-state index contributed by atoms with van der Waals surface area (Å²) in [4.78, 5) is 25.3. The molecule has 1 atom stereocenters. The summed E-state index contributed by atoms with van der Waals surface area (Å²) < 4.78 is 21.9. The molecule has 1 aliphatic rings. The van der Waals surface area contributed by atoms with Gasteiger partial charge >= 0.3 is 12.0 Å². The van der Waals surface area contributed by atoms with Crippen molar-refractivity contribution in [1.82, 2.24) is 10.6 Å². The second-order valence-electron chi connectivity index (χ2n) is 6.78. The summed E-state index contributed by atoms with van der Waals surface area (Å²) in [6, 6.07) is 11.3. The Morgan fingerprint density at radius 2 is 1.68 bits per heavy atom. The van der Waals surface area contributed by atoms with Crippen molar-refractivity contribution < 1.29 is 28.5 Å². The average molecular weight is 426 g/mol. The lowest BCUT2D eigenvalue weighted by molar-refractivity contribution is -0.136. The number of carbonyl (C=O) groups excluding carboxylic acids is 2. The van der Waals surface area contributed by atoms with Crippen molar-refractivity contribution in [1.29, 1.82) is 0 Å². The molecule has 0 aromatic heterocycles. The van der Waals surface area contributed by atoms with E-state index in [0.29, 0.717) is 40.7 Å². The topological polar surface area (TPSA) is 95.1 Å². The van der Waals surface area contributed by atoms with E-state index in [2.05, 4.69) is 10.6 Å². The SMILES string of the molecule is CCCOc1c(OC)cc(C2NC(=O)NC(c3ccccc3)=C2C(=O)OC)cc1OC. The van der Waals surface area contributed by atoms with Gasteiger partial charge in [0.15, 0.2) is 11.5 Å². The molecule has 0 saturated carbocycles. The first-order valence-electron chi connectivity index (χ1n) is 9.88. The minimum atomic E-state index is -0.792. The zero-order chi connectivity index (χ0) is 22.4. The van der Waals surface area contributed by atoms with Gasteiger partial charge in [0.2, 0.25) is 5.75 Å². The first-order valence-corrected chi connectivity index (χ1v) is 9.88. The number of ether oxygens (including phenoxy) is 4. The van der Waals surface area contributed by atoms with E-state index < -0.39 is 18.0 Å². The maximum Gasteiger partial charge on any atom is 0.338 e. The molecule has 1 unspecified atom stereocenters. The molecule has 0 radical (unpaired) electrons. The fraction of sp³-hybridized carbons (Fsp3) is 0.304. The van der Waals surface area contributed by atoms with Crippen LogP contribution in [0.3, 0.4) is 0 Å². The van der Waals surface area contributed by atoms with Crippen molar-refractivity contribution in [3.8, 4) is 17.2 Å². The molecule has 2 aromatic rings. The van der Waals surface area contributed by atoms with Gasteiger partial charge in [-0.2, -0.15) is 0 Å². The van der Waals surface area contributed by atoms with Gasteiger partial charge in [0.25, 0.3) is 0 Å². The maximum absolute atomic E-state index is 12.8. The summed E-state index contributed by atoms with van der Waals surface area (Å²) in [6.07, 6.45) is 0.814.